The Bertz CT molecular complexity index is 108. The second-order valence-electron chi connectivity index (χ2n) is 3.75. The molecule has 1 atom stereocenters. The van der Waals surface area contributed by atoms with Gasteiger partial charge in [-0.1, -0.05) is 25.7 Å². The van der Waals surface area contributed by atoms with Gasteiger partial charge < -0.3 is 4.74 Å². The molecule has 2 rings (SSSR count). The number of rotatable bonds is 0. The van der Waals surface area contributed by atoms with Gasteiger partial charge in [0.15, 0.2) is 0 Å². The number of hydrogen-bond acceptors (Lipinski definition) is 1. The zero-order chi connectivity index (χ0) is 7.52. The third kappa shape index (κ3) is 1.76. The Balaban J connectivity index is 1.89. The van der Waals surface area contributed by atoms with Gasteiger partial charge in [0.2, 0.25) is 0 Å². The average Bonchev–Trinajstić information content (AvgIpc) is 2.35. The van der Waals surface area contributed by atoms with Crippen LogP contribution in [0.3, 0.4) is 0 Å². The summed E-state index contributed by atoms with van der Waals surface area (Å²) in [5.41, 5.74) is 0. The van der Waals surface area contributed by atoms with Crippen LogP contribution in [0.1, 0.15) is 44.9 Å². The fourth-order valence-electron chi connectivity index (χ4n) is 2.24. The third-order valence-corrected chi connectivity index (χ3v) is 2.93. The van der Waals surface area contributed by atoms with Crippen LogP contribution in [0, 0.1) is 12.0 Å². The maximum absolute atomic E-state index is 5.61. The summed E-state index contributed by atoms with van der Waals surface area (Å²) >= 11 is 0. The second-order valence-corrected chi connectivity index (χ2v) is 3.75. The summed E-state index contributed by atoms with van der Waals surface area (Å²) < 4.78 is 5.61. The van der Waals surface area contributed by atoms with Gasteiger partial charge in [-0.25, -0.2) is 0 Å². The van der Waals surface area contributed by atoms with Crippen molar-refractivity contribution in [1.29, 1.82) is 0 Å². The van der Waals surface area contributed by atoms with E-state index < -0.39 is 0 Å². The molecule has 2 fully saturated rings. The van der Waals surface area contributed by atoms with Crippen molar-refractivity contribution in [3.8, 4) is 0 Å². The van der Waals surface area contributed by atoms with Gasteiger partial charge in [0, 0.05) is 6.61 Å². The standard InChI is InChI=1S/C10H17O/c1-2-4-6-10-9(5-3-1)7-8-11-10/h9H,1-8H2. The smallest absolute Gasteiger partial charge is 0.100 e. The minimum absolute atomic E-state index is 0.843. The summed E-state index contributed by atoms with van der Waals surface area (Å²) in [4.78, 5) is 0. The van der Waals surface area contributed by atoms with E-state index in [0.717, 1.165) is 12.5 Å². The molecule has 1 radical (unpaired) electrons. The van der Waals surface area contributed by atoms with Crippen molar-refractivity contribution in [2.45, 2.75) is 44.9 Å². The molecular weight excluding hydrogens is 136 g/mol. The summed E-state index contributed by atoms with van der Waals surface area (Å²) in [6.07, 6.45) is 11.0. The van der Waals surface area contributed by atoms with Gasteiger partial charge in [0.05, 0.1) is 0 Å². The van der Waals surface area contributed by atoms with Crippen molar-refractivity contribution >= 4 is 0 Å². The van der Waals surface area contributed by atoms with Crippen LogP contribution in [-0.4, -0.2) is 6.61 Å². The largest absolute Gasteiger partial charge is 0.372 e. The number of ether oxygens (including phenoxy) is 1. The molecule has 0 spiro atoms. The molecule has 63 valence electrons. The molecule has 1 saturated carbocycles. The lowest BCUT2D eigenvalue weighted by Gasteiger charge is -2.19. The normalized spacial score (nSPS) is 34.4. The molecule has 1 nitrogen and oxygen atoms in total. The van der Waals surface area contributed by atoms with Crippen LogP contribution in [-0.2, 0) is 4.74 Å². The van der Waals surface area contributed by atoms with E-state index in [1.54, 1.807) is 0 Å². The Hall–Kier alpha value is -0.0400. The summed E-state index contributed by atoms with van der Waals surface area (Å²) in [6.45, 7) is 1.00. The van der Waals surface area contributed by atoms with Crippen molar-refractivity contribution in [3.63, 3.8) is 0 Å². The second kappa shape index (κ2) is 3.57. The van der Waals surface area contributed by atoms with E-state index in [-0.39, 0.29) is 0 Å². The van der Waals surface area contributed by atoms with Crippen LogP contribution >= 0.6 is 0 Å². The lowest BCUT2D eigenvalue weighted by Crippen LogP contribution is -2.09. The monoisotopic (exact) mass is 153 g/mol. The van der Waals surface area contributed by atoms with Gasteiger partial charge in [-0.2, -0.15) is 0 Å². The summed E-state index contributed by atoms with van der Waals surface area (Å²) in [6, 6.07) is 0. The molecule has 0 N–H and O–H groups in total. The van der Waals surface area contributed by atoms with Crippen molar-refractivity contribution in [2.24, 2.45) is 5.92 Å². The molecule has 1 aliphatic carbocycles. The van der Waals surface area contributed by atoms with Crippen LogP contribution in [0.15, 0.2) is 0 Å². The van der Waals surface area contributed by atoms with E-state index in [0.29, 0.717) is 0 Å². The Morgan fingerprint density at radius 3 is 2.91 bits per heavy atom. The first kappa shape index (κ1) is 7.60. The zero-order valence-corrected chi connectivity index (χ0v) is 7.14. The van der Waals surface area contributed by atoms with E-state index in [4.69, 9.17) is 4.74 Å². The van der Waals surface area contributed by atoms with Gasteiger partial charge in [-0.05, 0) is 25.2 Å². The van der Waals surface area contributed by atoms with Gasteiger partial charge in [-0.15, -0.1) is 0 Å². The molecule has 2 aliphatic rings. The summed E-state index contributed by atoms with van der Waals surface area (Å²) in [5, 5.41) is 0. The topological polar surface area (TPSA) is 9.23 Å². The highest BCUT2D eigenvalue weighted by Crippen LogP contribution is 2.37. The summed E-state index contributed by atoms with van der Waals surface area (Å²) in [5.74, 6) is 0.843. The Morgan fingerprint density at radius 1 is 1.00 bits per heavy atom. The van der Waals surface area contributed by atoms with Crippen LogP contribution in [0.5, 0.6) is 0 Å². The van der Waals surface area contributed by atoms with Gasteiger partial charge in [-0.3, -0.25) is 0 Å². The van der Waals surface area contributed by atoms with Crippen molar-refractivity contribution in [1.82, 2.24) is 0 Å². The lowest BCUT2D eigenvalue weighted by atomic mass is 9.88. The van der Waals surface area contributed by atoms with Gasteiger partial charge >= 0.3 is 0 Å². The molecule has 1 aliphatic heterocycles. The minimum Gasteiger partial charge on any atom is -0.372 e. The Morgan fingerprint density at radius 2 is 1.91 bits per heavy atom. The molecule has 0 aromatic rings. The van der Waals surface area contributed by atoms with Crippen LogP contribution < -0.4 is 0 Å². The Kier molecular flexibility index (Phi) is 2.47. The van der Waals surface area contributed by atoms with E-state index in [1.165, 1.54) is 51.0 Å². The average molecular weight is 153 g/mol. The fraction of sp³-hybridized carbons (Fsp3) is 0.900. The molecule has 1 unspecified atom stereocenters. The van der Waals surface area contributed by atoms with Crippen molar-refractivity contribution in [3.05, 3.63) is 6.10 Å². The highest BCUT2D eigenvalue weighted by atomic mass is 16.5. The van der Waals surface area contributed by atoms with Crippen molar-refractivity contribution in [2.75, 3.05) is 6.61 Å². The van der Waals surface area contributed by atoms with Gasteiger partial charge in [0.25, 0.3) is 0 Å². The third-order valence-electron chi connectivity index (χ3n) is 2.93. The van der Waals surface area contributed by atoms with E-state index in [1.807, 2.05) is 0 Å². The maximum Gasteiger partial charge on any atom is 0.100 e. The molecule has 0 aromatic carbocycles. The quantitative estimate of drug-likeness (QED) is 0.520. The first-order valence-electron chi connectivity index (χ1n) is 4.95. The molecule has 0 amide bonds. The lowest BCUT2D eigenvalue weighted by molar-refractivity contribution is 0.168. The highest BCUT2D eigenvalue weighted by molar-refractivity contribution is 4.92. The van der Waals surface area contributed by atoms with E-state index >= 15 is 0 Å². The summed E-state index contributed by atoms with van der Waals surface area (Å²) in [7, 11) is 0. The minimum atomic E-state index is 0.843. The molecule has 1 saturated heterocycles. The first-order chi connectivity index (χ1) is 5.47. The molecule has 1 heteroatoms. The number of hydrogen-bond donors (Lipinski definition) is 0. The molecule has 11 heavy (non-hydrogen) atoms. The highest BCUT2D eigenvalue weighted by Gasteiger charge is 2.29. The van der Waals surface area contributed by atoms with Gasteiger partial charge in [0.1, 0.15) is 6.10 Å². The molecule has 0 bridgehead atoms. The molecular formula is C10H17O. The predicted molar refractivity (Wildman–Crippen MR) is 45.0 cm³/mol. The van der Waals surface area contributed by atoms with Crippen molar-refractivity contribution < 1.29 is 4.74 Å². The molecule has 0 aromatic heterocycles. The van der Waals surface area contributed by atoms with Crippen LogP contribution in [0.4, 0.5) is 0 Å². The SMILES string of the molecule is C1CCCC2CCO[C]2CC1. The number of fused-ring (bicyclic) bond motifs is 1. The fourth-order valence-corrected chi connectivity index (χ4v) is 2.24. The van der Waals surface area contributed by atoms with E-state index in [9.17, 15) is 0 Å². The Labute approximate surface area is 69.1 Å². The van der Waals surface area contributed by atoms with Crippen LogP contribution in [0.2, 0.25) is 0 Å². The van der Waals surface area contributed by atoms with E-state index in [2.05, 4.69) is 0 Å². The maximum atomic E-state index is 5.61. The predicted octanol–water partition coefficient (Wildman–Crippen LogP) is 2.91. The van der Waals surface area contributed by atoms with Crippen LogP contribution in [0.25, 0.3) is 0 Å². The zero-order valence-electron chi connectivity index (χ0n) is 7.14. The first-order valence-corrected chi connectivity index (χ1v) is 4.95. The molecule has 1 heterocycles.